The maximum atomic E-state index is 11.8. The Hall–Kier alpha value is -3.48. The SMILES string of the molecule is O=C(N\N=C/C=C/C=C/c1ccco1)c1cccc([N+](=O)[O-])c1. The maximum Gasteiger partial charge on any atom is 0.271 e. The lowest BCUT2D eigenvalue weighted by molar-refractivity contribution is -0.384. The van der Waals surface area contributed by atoms with Crippen LogP contribution in [-0.4, -0.2) is 17.0 Å². The number of nitro groups is 1. The minimum atomic E-state index is -0.561. The number of allylic oxidation sites excluding steroid dienone is 3. The van der Waals surface area contributed by atoms with Gasteiger partial charge in [0.25, 0.3) is 11.6 Å². The fourth-order valence-electron chi connectivity index (χ4n) is 1.61. The summed E-state index contributed by atoms with van der Waals surface area (Å²) in [6, 6.07) is 9.02. The van der Waals surface area contributed by atoms with Crippen LogP contribution in [0.3, 0.4) is 0 Å². The molecule has 0 aliphatic rings. The zero-order valence-corrected chi connectivity index (χ0v) is 12.0. The average Bonchev–Trinajstić information content (AvgIpc) is 3.07. The lowest BCUT2D eigenvalue weighted by Gasteiger charge is -1.98. The van der Waals surface area contributed by atoms with Crippen molar-refractivity contribution in [1.29, 1.82) is 0 Å². The summed E-state index contributed by atoms with van der Waals surface area (Å²) in [4.78, 5) is 21.8. The zero-order chi connectivity index (χ0) is 16.5. The van der Waals surface area contributed by atoms with E-state index in [-0.39, 0.29) is 11.3 Å². The number of nitro benzene ring substituents is 1. The van der Waals surface area contributed by atoms with Crippen LogP contribution in [0.25, 0.3) is 6.08 Å². The number of carbonyl (C=O) groups is 1. The molecule has 7 nitrogen and oxygen atoms in total. The third-order valence-electron chi connectivity index (χ3n) is 2.67. The summed E-state index contributed by atoms with van der Waals surface area (Å²) in [5.41, 5.74) is 2.30. The summed E-state index contributed by atoms with van der Waals surface area (Å²) in [5, 5.41) is 14.4. The van der Waals surface area contributed by atoms with Gasteiger partial charge in [-0.2, -0.15) is 5.10 Å². The minimum Gasteiger partial charge on any atom is -0.465 e. The van der Waals surface area contributed by atoms with Crippen molar-refractivity contribution in [2.24, 2.45) is 5.10 Å². The fraction of sp³-hybridized carbons (Fsp3) is 0. The van der Waals surface area contributed by atoms with Gasteiger partial charge >= 0.3 is 0 Å². The third-order valence-corrected chi connectivity index (χ3v) is 2.67. The number of non-ortho nitro benzene ring substituents is 1. The van der Waals surface area contributed by atoms with Crippen LogP contribution < -0.4 is 5.43 Å². The Morgan fingerprint density at radius 2 is 2.09 bits per heavy atom. The number of hydrogen-bond acceptors (Lipinski definition) is 5. The number of amides is 1. The first-order valence-electron chi connectivity index (χ1n) is 6.61. The van der Waals surface area contributed by atoms with E-state index in [4.69, 9.17) is 4.42 Å². The zero-order valence-electron chi connectivity index (χ0n) is 12.0. The lowest BCUT2D eigenvalue weighted by atomic mass is 10.2. The predicted molar refractivity (Wildman–Crippen MR) is 85.9 cm³/mol. The number of hydrazone groups is 1. The molecule has 0 atom stereocenters. The monoisotopic (exact) mass is 311 g/mol. The highest BCUT2D eigenvalue weighted by atomic mass is 16.6. The van der Waals surface area contributed by atoms with Crippen LogP contribution in [0.5, 0.6) is 0 Å². The molecule has 1 aromatic heterocycles. The molecule has 1 N–H and O–H groups in total. The van der Waals surface area contributed by atoms with E-state index in [1.165, 1.54) is 30.5 Å². The van der Waals surface area contributed by atoms with Gasteiger partial charge in [0.2, 0.25) is 0 Å². The molecule has 1 amide bonds. The number of rotatable bonds is 6. The van der Waals surface area contributed by atoms with Gasteiger partial charge < -0.3 is 4.42 Å². The summed E-state index contributed by atoms with van der Waals surface area (Å²) in [6.07, 6.45) is 9.83. The molecule has 2 rings (SSSR count). The van der Waals surface area contributed by atoms with Gasteiger partial charge in [0.15, 0.2) is 0 Å². The Kier molecular flexibility index (Phi) is 5.59. The van der Waals surface area contributed by atoms with E-state index in [0.717, 1.165) is 5.76 Å². The molecule has 23 heavy (non-hydrogen) atoms. The minimum absolute atomic E-state index is 0.149. The molecule has 116 valence electrons. The lowest BCUT2D eigenvalue weighted by Crippen LogP contribution is -2.17. The van der Waals surface area contributed by atoms with Crippen molar-refractivity contribution in [1.82, 2.24) is 5.43 Å². The average molecular weight is 311 g/mol. The fourth-order valence-corrected chi connectivity index (χ4v) is 1.61. The highest BCUT2D eigenvalue weighted by Gasteiger charge is 2.10. The second-order valence-corrected chi connectivity index (χ2v) is 4.29. The number of furan rings is 1. The summed E-state index contributed by atoms with van der Waals surface area (Å²) in [7, 11) is 0. The van der Waals surface area contributed by atoms with Crippen LogP contribution in [0.1, 0.15) is 16.1 Å². The van der Waals surface area contributed by atoms with Gasteiger partial charge in [-0.3, -0.25) is 14.9 Å². The topological polar surface area (TPSA) is 97.7 Å². The number of nitrogens with zero attached hydrogens (tertiary/aromatic N) is 2. The van der Waals surface area contributed by atoms with Gasteiger partial charge in [0, 0.05) is 23.9 Å². The van der Waals surface area contributed by atoms with Crippen molar-refractivity contribution >= 4 is 23.9 Å². The van der Waals surface area contributed by atoms with Crippen molar-refractivity contribution < 1.29 is 14.1 Å². The Morgan fingerprint density at radius 3 is 2.83 bits per heavy atom. The summed E-state index contributed by atoms with van der Waals surface area (Å²) in [6.45, 7) is 0. The molecule has 7 heteroatoms. The molecule has 1 heterocycles. The first-order valence-corrected chi connectivity index (χ1v) is 6.61. The molecular weight excluding hydrogens is 298 g/mol. The summed E-state index contributed by atoms with van der Waals surface area (Å²) < 4.78 is 5.11. The number of hydrogen-bond donors (Lipinski definition) is 1. The van der Waals surface area contributed by atoms with E-state index >= 15 is 0 Å². The van der Waals surface area contributed by atoms with Gasteiger partial charge in [-0.25, -0.2) is 5.43 Å². The Balaban J connectivity index is 1.84. The molecule has 0 aliphatic carbocycles. The van der Waals surface area contributed by atoms with Crippen LogP contribution in [0.4, 0.5) is 5.69 Å². The smallest absolute Gasteiger partial charge is 0.271 e. The molecule has 1 aromatic carbocycles. The van der Waals surface area contributed by atoms with Crippen molar-refractivity contribution in [2.45, 2.75) is 0 Å². The molecule has 0 saturated carbocycles. The van der Waals surface area contributed by atoms with Crippen LogP contribution in [-0.2, 0) is 0 Å². The maximum absolute atomic E-state index is 11.8. The first-order chi connectivity index (χ1) is 11.2. The van der Waals surface area contributed by atoms with Gasteiger partial charge in [-0.15, -0.1) is 0 Å². The van der Waals surface area contributed by atoms with Crippen molar-refractivity contribution in [3.05, 3.63) is 82.3 Å². The van der Waals surface area contributed by atoms with E-state index in [1.807, 2.05) is 6.07 Å². The van der Waals surface area contributed by atoms with E-state index in [1.54, 1.807) is 36.6 Å². The van der Waals surface area contributed by atoms with E-state index in [0.29, 0.717) is 0 Å². The van der Waals surface area contributed by atoms with Gasteiger partial charge in [-0.05, 0) is 30.4 Å². The third kappa shape index (κ3) is 5.09. The van der Waals surface area contributed by atoms with Crippen LogP contribution in [0, 0.1) is 10.1 Å². The second kappa shape index (κ2) is 8.08. The van der Waals surface area contributed by atoms with Crippen LogP contribution in [0.2, 0.25) is 0 Å². The summed E-state index contributed by atoms with van der Waals surface area (Å²) >= 11 is 0. The molecule has 2 aromatic rings. The van der Waals surface area contributed by atoms with E-state index < -0.39 is 10.8 Å². The van der Waals surface area contributed by atoms with Crippen molar-refractivity contribution in [3.63, 3.8) is 0 Å². The largest absolute Gasteiger partial charge is 0.465 e. The molecule has 0 unspecified atom stereocenters. The Labute approximate surface area is 131 Å². The van der Waals surface area contributed by atoms with Gasteiger partial charge in [-0.1, -0.05) is 18.2 Å². The normalized spacial score (nSPS) is 11.5. The van der Waals surface area contributed by atoms with Gasteiger partial charge in [0.05, 0.1) is 11.2 Å². The highest BCUT2D eigenvalue weighted by Crippen LogP contribution is 2.12. The van der Waals surface area contributed by atoms with Gasteiger partial charge in [0.1, 0.15) is 5.76 Å². The molecule has 0 aliphatic heterocycles. The number of carbonyl (C=O) groups excluding carboxylic acids is 1. The number of nitrogens with one attached hydrogen (secondary N) is 1. The van der Waals surface area contributed by atoms with E-state index in [9.17, 15) is 14.9 Å². The second-order valence-electron chi connectivity index (χ2n) is 4.29. The Bertz CT molecular complexity index is 761. The predicted octanol–water partition coefficient (Wildman–Crippen LogP) is 3.17. The van der Waals surface area contributed by atoms with Crippen molar-refractivity contribution in [2.75, 3.05) is 0 Å². The molecule has 0 fully saturated rings. The van der Waals surface area contributed by atoms with Crippen molar-refractivity contribution in [3.8, 4) is 0 Å². The van der Waals surface area contributed by atoms with Crippen LogP contribution >= 0.6 is 0 Å². The quantitative estimate of drug-likeness (QED) is 0.383. The highest BCUT2D eigenvalue weighted by molar-refractivity contribution is 5.95. The molecule has 0 bridgehead atoms. The standard InChI is InChI=1S/C16H13N3O4/c20-16(13-6-4-7-14(12-13)19(21)22)18-17-10-3-1-2-8-15-9-5-11-23-15/h1-12H,(H,18,20)/b3-1+,8-2+,17-10-. The molecule has 0 spiro atoms. The first kappa shape index (κ1) is 15.9. The molecule has 0 saturated heterocycles. The summed E-state index contributed by atoms with van der Waals surface area (Å²) in [5.74, 6) is 0.204. The number of benzene rings is 1. The molecular formula is C16H13N3O4. The van der Waals surface area contributed by atoms with Crippen LogP contribution in [0.15, 0.2) is 70.4 Å². The van der Waals surface area contributed by atoms with E-state index in [2.05, 4.69) is 10.5 Å². The Morgan fingerprint density at radius 1 is 1.22 bits per heavy atom. The molecule has 0 radical (unpaired) electrons.